The van der Waals surface area contributed by atoms with Gasteiger partial charge in [0, 0.05) is 0 Å². The van der Waals surface area contributed by atoms with Gasteiger partial charge in [0.1, 0.15) is 17.1 Å². The van der Waals surface area contributed by atoms with Gasteiger partial charge in [-0.25, -0.2) is 4.48 Å². The summed E-state index contributed by atoms with van der Waals surface area (Å²) in [7, 11) is -3.67. The molecule has 0 aromatic heterocycles. The lowest BCUT2D eigenvalue weighted by Crippen LogP contribution is -2.39. The molecule has 0 fully saturated rings. The number of quaternary nitrogens is 1. The molecule has 0 bridgehead atoms. The molecule has 0 amide bonds. The summed E-state index contributed by atoms with van der Waals surface area (Å²) in [4.78, 5) is 0. The van der Waals surface area contributed by atoms with Crippen molar-refractivity contribution in [2.24, 2.45) is 0 Å². The molecule has 0 aliphatic rings. The predicted octanol–water partition coefficient (Wildman–Crippen LogP) is 6.74. The highest BCUT2D eigenvalue weighted by molar-refractivity contribution is 7.85. The van der Waals surface area contributed by atoms with Crippen LogP contribution in [-0.2, 0) is 10.1 Å². The van der Waals surface area contributed by atoms with E-state index in [1.807, 2.05) is 0 Å². The molecule has 0 spiro atoms. The molecule has 5 heteroatoms. The zero-order chi connectivity index (χ0) is 21.9. The monoisotopic (exact) mass is 426 g/mol. The van der Waals surface area contributed by atoms with Crippen LogP contribution < -0.4 is 4.48 Å². The standard InChI is InChI=1S/C22H24N.C3H8O3S/c1-2-3-19-23(20-13-7-4-8-14-20,21-15-9-5-10-16-21)22-17-11-6-12-18-22;1-2-3-7(4,5)6/h4-18H,2-3,19H2,1H3;2-3H2,1H3,(H,4,5,6)/q+1;. The molecule has 3 aromatic carbocycles. The van der Waals surface area contributed by atoms with E-state index >= 15 is 0 Å². The quantitative estimate of drug-likeness (QED) is 0.320. The smallest absolute Gasteiger partial charge is 0.264 e. The lowest BCUT2D eigenvalue weighted by atomic mass is 10.1. The minimum atomic E-state index is -3.67. The largest absolute Gasteiger partial charge is 0.286 e. The molecular formula is C25H32NO3S+. The van der Waals surface area contributed by atoms with Crippen molar-refractivity contribution >= 4 is 27.2 Å². The summed E-state index contributed by atoms with van der Waals surface area (Å²) < 4.78 is 28.3. The zero-order valence-corrected chi connectivity index (χ0v) is 18.6. The van der Waals surface area contributed by atoms with Crippen molar-refractivity contribution in [2.45, 2.75) is 33.1 Å². The van der Waals surface area contributed by atoms with Crippen molar-refractivity contribution < 1.29 is 13.0 Å². The van der Waals surface area contributed by atoms with Crippen LogP contribution in [-0.4, -0.2) is 25.3 Å². The molecule has 0 heterocycles. The van der Waals surface area contributed by atoms with Gasteiger partial charge >= 0.3 is 0 Å². The van der Waals surface area contributed by atoms with Gasteiger partial charge in [-0.1, -0.05) is 74.9 Å². The second kappa shape index (κ2) is 11.6. The molecule has 3 rings (SSSR count). The summed E-state index contributed by atoms with van der Waals surface area (Å²) in [6, 6.07) is 32.6. The summed E-state index contributed by atoms with van der Waals surface area (Å²) in [5.41, 5.74) is 3.95. The van der Waals surface area contributed by atoms with E-state index in [2.05, 4.69) is 97.9 Å². The lowest BCUT2D eigenvalue weighted by Gasteiger charge is -2.37. The van der Waals surface area contributed by atoms with Gasteiger partial charge in [-0.15, -0.1) is 0 Å². The molecule has 160 valence electrons. The molecule has 1 N–H and O–H groups in total. The molecule has 4 nitrogen and oxygen atoms in total. The Balaban J connectivity index is 0.000000396. The number of nitrogens with zero attached hydrogens (tertiary/aromatic N) is 1. The number of unbranched alkanes of at least 4 members (excludes halogenated alkanes) is 1. The van der Waals surface area contributed by atoms with Crippen LogP contribution in [0, 0.1) is 0 Å². The van der Waals surface area contributed by atoms with Crippen molar-refractivity contribution in [3.63, 3.8) is 0 Å². The molecule has 3 aromatic rings. The molecular weight excluding hydrogens is 394 g/mol. The van der Waals surface area contributed by atoms with Gasteiger partial charge in [0.15, 0.2) is 0 Å². The van der Waals surface area contributed by atoms with Crippen LogP contribution in [0.1, 0.15) is 33.1 Å². The molecule has 0 saturated heterocycles. The van der Waals surface area contributed by atoms with Crippen molar-refractivity contribution in [2.75, 3.05) is 12.3 Å². The topological polar surface area (TPSA) is 54.4 Å². The summed E-state index contributed by atoms with van der Waals surface area (Å²) in [6.45, 7) is 5.01. The third kappa shape index (κ3) is 6.52. The van der Waals surface area contributed by atoms with Crippen LogP contribution in [0.25, 0.3) is 0 Å². The van der Waals surface area contributed by atoms with Crippen LogP contribution in [0.3, 0.4) is 0 Å². The average molecular weight is 427 g/mol. The molecule has 0 aliphatic heterocycles. The van der Waals surface area contributed by atoms with E-state index in [0.29, 0.717) is 6.42 Å². The second-order valence-electron chi connectivity index (χ2n) is 7.18. The first-order chi connectivity index (χ1) is 14.4. The van der Waals surface area contributed by atoms with Gasteiger partial charge in [0.25, 0.3) is 10.1 Å². The SMILES string of the molecule is CCCC[N+](c1ccccc1)(c1ccccc1)c1ccccc1.CCCS(=O)(=O)O. The van der Waals surface area contributed by atoms with Gasteiger partial charge in [-0.3, -0.25) is 4.55 Å². The summed E-state index contributed by atoms with van der Waals surface area (Å²) >= 11 is 0. The first kappa shape index (κ1) is 23.8. The predicted molar refractivity (Wildman–Crippen MR) is 127 cm³/mol. The lowest BCUT2D eigenvalue weighted by molar-refractivity contribution is 0.482. The highest BCUT2D eigenvalue weighted by atomic mass is 32.2. The molecule has 0 unspecified atom stereocenters. The van der Waals surface area contributed by atoms with Crippen molar-refractivity contribution in [3.05, 3.63) is 91.0 Å². The van der Waals surface area contributed by atoms with Crippen LogP contribution in [0.15, 0.2) is 91.0 Å². The van der Waals surface area contributed by atoms with Crippen molar-refractivity contribution in [1.29, 1.82) is 0 Å². The normalized spacial score (nSPS) is 11.4. The maximum atomic E-state index is 9.79. The Kier molecular flexibility index (Phi) is 9.24. The first-order valence-corrected chi connectivity index (χ1v) is 12.0. The van der Waals surface area contributed by atoms with Gasteiger partial charge in [0.05, 0.1) is 12.3 Å². The number of para-hydroxylation sites is 3. The van der Waals surface area contributed by atoms with Crippen LogP contribution in [0.4, 0.5) is 17.1 Å². The van der Waals surface area contributed by atoms with E-state index in [0.717, 1.165) is 11.0 Å². The van der Waals surface area contributed by atoms with E-state index < -0.39 is 10.1 Å². The Morgan fingerprint density at radius 1 is 0.667 bits per heavy atom. The molecule has 0 saturated carbocycles. The van der Waals surface area contributed by atoms with E-state index in [4.69, 9.17) is 4.55 Å². The summed E-state index contributed by atoms with van der Waals surface area (Å²) in [5, 5.41) is 0. The van der Waals surface area contributed by atoms with Crippen LogP contribution in [0.5, 0.6) is 0 Å². The molecule has 30 heavy (non-hydrogen) atoms. The Morgan fingerprint density at radius 2 is 1.03 bits per heavy atom. The number of benzene rings is 3. The number of rotatable bonds is 8. The van der Waals surface area contributed by atoms with E-state index in [-0.39, 0.29) is 5.75 Å². The minimum absolute atomic E-state index is 0.132. The maximum Gasteiger partial charge on any atom is 0.264 e. The second-order valence-corrected chi connectivity index (χ2v) is 8.75. The van der Waals surface area contributed by atoms with Gasteiger partial charge in [-0.2, -0.15) is 8.42 Å². The van der Waals surface area contributed by atoms with Crippen LogP contribution >= 0.6 is 0 Å². The Hall–Kier alpha value is -2.47. The van der Waals surface area contributed by atoms with E-state index in [1.165, 1.54) is 29.9 Å². The zero-order valence-electron chi connectivity index (χ0n) is 17.8. The van der Waals surface area contributed by atoms with Crippen molar-refractivity contribution in [3.8, 4) is 0 Å². The van der Waals surface area contributed by atoms with Gasteiger partial charge in [0.2, 0.25) is 0 Å². The Labute approximate surface area is 181 Å². The summed E-state index contributed by atoms with van der Waals surface area (Å²) in [5.74, 6) is -0.132. The Bertz CT molecular complexity index is 862. The average Bonchev–Trinajstić information content (AvgIpc) is 2.76. The van der Waals surface area contributed by atoms with Gasteiger partial charge in [-0.05, 0) is 49.2 Å². The van der Waals surface area contributed by atoms with E-state index in [1.54, 1.807) is 6.92 Å². The highest BCUT2D eigenvalue weighted by Crippen LogP contribution is 2.43. The fourth-order valence-electron chi connectivity index (χ4n) is 3.54. The highest BCUT2D eigenvalue weighted by Gasteiger charge is 2.35. The summed E-state index contributed by atoms with van der Waals surface area (Å²) in [6.07, 6.45) is 2.84. The fourth-order valence-corrected chi connectivity index (χ4v) is 4.05. The number of hydrogen-bond acceptors (Lipinski definition) is 2. The maximum absolute atomic E-state index is 9.79. The van der Waals surface area contributed by atoms with E-state index in [9.17, 15) is 8.42 Å². The van der Waals surface area contributed by atoms with Gasteiger partial charge < -0.3 is 0 Å². The molecule has 0 radical (unpaired) electrons. The Morgan fingerprint density at radius 3 is 1.27 bits per heavy atom. The van der Waals surface area contributed by atoms with Crippen molar-refractivity contribution in [1.82, 2.24) is 4.48 Å². The fraction of sp³-hybridized carbons (Fsp3) is 0.280. The third-order valence-corrected chi connectivity index (χ3v) is 5.82. The van der Waals surface area contributed by atoms with Crippen LogP contribution in [0.2, 0.25) is 0 Å². The molecule has 0 aliphatic carbocycles. The third-order valence-electron chi connectivity index (χ3n) is 4.90. The molecule has 0 atom stereocenters. The number of hydrogen-bond donors (Lipinski definition) is 1. The minimum Gasteiger partial charge on any atom is -0.286 e. The first-order valence-electron chi connectivity index (χ1n) is 10.4.